The van der Waals surface area contributed by atoms with Gasteiger partial charge in [-0.15, -0.1) is 11.3 Å². The van der Waals surface area contributed by atoms with Crippen LogP contribution in [0.1, 0.15) is 21.5 Å². The van der Waals surface area contributed by atoms with Crippen molar-refractivity contribution >= 4 is 22.8 Å². The van der Waals surface area contributed by atoms with E-state index in [2.05, 4.69) is 0 Å². The Morgan fingerprint density at radius 2 is 2.38 bits per heavy atom. The first kappa shape index (κ1) is 10.2. The predicted octanol–water partition coefficient (Wildman–Crippen LogP) is 1.72. The highest BCUT2D eigenvalue weighted by Crippen LogP contribution is 2.25. The zero-order valence-corrected chi connectivity index (χ0v) is 8.61. The maximum atomic E-state index is 11.1. The van der Waals surface area contributed by atoms with Crippen molar-refractivity contribution in [1.29, 1.82) is 0 Å². The number of thiophene rings is 1. The Morgan fingerprint density at radius 1 is 1.69 bits per heavy atom. The molecule has 0 aliphatic rings. The van der Waals surface area contributed by atoms with Crippen molar-refractivity contribution in [1.82, 2.24) is 0 Å². The molecule has 0 radical (unpaired) electrons. The fraction of sp³-hybridized carbons (Fsp3) is 0.444. The van der Waals surface area contributed by atoms with Gasteiger partial charge in [-0.05, 0) is 6.07 Å². The zero-order valence-electron chi connectivity index (χ0n) is 7.79. The summed E-state index contributed by atoms with van der Waals surface area (Å²) in [7, 11) is 1.66. The second kappa shape index (κ2) is 4.39. The lowest BCUT2D eigenvalue weighted by atomic mass is 10.3. The van der Waals surface area contributed by atoms with E-state index in [4.69, 9.17) is 10.5 Å². The number of anilines is 1. The van der Waals surface area contributed by atoms with Gasteiger partial charge in [-0.2, -0.15) is 0 Å². The van der Waals surface area contributed by atoms with Crippen molar-refractivity contribution in [3.63, 3.8) is 0 Å². The van der Waals surface area contributed by atoms with Crippen LogP contribution in [0.4, 0.5) is 5.69 Å². The number of hydrogen-bond donors (Lipinski definition) is 1. The molecule has 72 valence electrons. The number of Topliss-reactive ketones (excluding diaryl/α,β-unsaturated/α-hetero) is 1. The molecule has 0 unspecified atom stereocenters. The molecule has 0 saturated heterocycles. The molecule has 13 heavy (non-hydrogen) atoms. The summed E-state index contributed by atoms with van der Waals surface area (Å²) in [5, 5.41) is 0. The third-order valence-electron chi connectivity index (χ3n) is 1.68. The minimum Gasteiger partial charge on any atom is -0.397 e. The summed E-state index contributed by atoms with van der Waals surface area (Å²) in [4.78, 5) is 12.8. The number of rotatable bonds is 4. The van der Waals surface area contributed by atoms with Gasteiger partial charge in [0.2, 0.25) is 0 Å². The summed E-state index contributed by atoms with van der Waals surface area (Å²) in [6.07, 6.45) is 0.818. The lowest BCUT2D eigenvalue weighted by Crippen LogP contribution is -1.92. The standard InChI is InChI=1S/C9H13NO2S/c1-6(11)9-8(10)5-7(13-9)3-4-12-2/h5H,3-4,10H2,1-2H3. The maximum Gasteiger partial charge on any atom is 0.171 e. The number of nitrogens with two attached hydrogens (primary N) is 1. The average molecular weight is 199 g/mol. The van der Waals surface area contributed by atoms with Gasteiger partial charge >= 0.3 is 0 Å². The third kappa shape index (κ3) is 2.54. The lowest BCUT2D eigenvalue weighted by molar-refractivity contribution is 0.102. The Morgan fingerprint density at radius 3 is 2.85 bits per heavy atom. The van der Waals surface area contributed by atoms with Crippen molar-refractivity contribution < 1.29 is 9.53 Å². The summed E-state index contributed by atoms with van der Waals surface area (Å²) >= 11 is 1.45. The quantitative estimate of drug-likeness (QED) is 0.751. The molecule has 0 spiro atoms. The highest BCUT2D eigenvalue weighted by atomic mass is 32.1. The predicted molar refractivity (Wildman–Crippen MR) is 54.3 cm³/mol. The molecule has 1 rings (SSSR count). The fourth-order valence-electron chi connectivity index (χ4n) is 1.06. The number of nitrogen functional groups attached to an aromatic ring is 1. The van der Waals surface area contributed by atoms with Crippen LogP contribution in [0, 0.1) is 0 Å². The molecular formula is C9H13NO2S. The summed E-state index contributed by atoms with van der Waals surface area (Å²) < 4.78 is 4.94. The topological polar surface area (TPSA) is 52.3 Å². The summed E-state index contributed by atoms with van der Waals surface area (Å²) in [6, 6.07) is 1.85. The maximum absolute atomic E-state index is 11.1. The van der Waals surface area contributed by atoms with Gasteiger partial charge in [-0.25, -0.2) is 0 Å². The first-order valence-corrected chi connectivity index (χ1v) is 4.85. The van der Waals surface area contributed by atoms with Crippen LogP contribution in [0.15, 0.2) is 6.07 Å². The Balaban J connectivity index is 2.76. The van der Waals surface area contributed by atoms with Crippen molar-refractivity contribution in [2.75, 3.05) is 19.5 Å². The van der Waals surface area contributed by atoms with E-state index in [1.54, 1.807) is 7.11 Å². The van der Waals surface area contributed by atoms with Crippen molar-refractivity contribution in [3.8, 4) is 0 Å². The van der Waals surface area contributed by atoms with Crippen LogP contribution in [0.25, 0.3) is 0 Å². The van der Waals surface area contributed by atoms with E-state index in [0.29, 0.717) is 17.2 Å². The van der Waals surface area contributed by atoms with Crippen LogP contribution >= 0.6 is 11.3 Å². The molecule has 1 aromatic rings. The summed E-state index contributed by atoms with van der Waals surface area (Å²) in [5.41, 5.74) is 6.25. The van der Waals surface area contributed by atoms with Gasteiger partial charge in [-0.3, -0.25) is 4.79 Å². The first-order valence-electron chi connectivity index (χ1n) is 4.03. The van der Waals surface area contributed by atoms with E-state index >= 15 is 0 Å². The van der Waals surface area contributed by atoms with Gasteiger partial charge in [0.1, 0.15) is 0 Å². The van der Waals surface area contributed by atoms with Crippen LogP contribution in [-0.4, -0.2) is 19.5 Å². The van der Waals surface area contributed by atoms with Gasteiger partial charge in [-0.1, -0.05) is 0 Å². The number of ketones is 1. The van der Waals surface area contributed by atoms with Crippen molar-refractivity contribution in [3.05, 3.63) is 15.8 Å². The lowest BCUT2D eigenvalue weighted by Gasteiger charge is -1.93. The van der Waals surface area contributed by atoms with E-state index in [9.17, 15) is 4.79 Å². The molecule has 0 fully saturated rings. The molecule has 4 heteroatoms. The Labute approximate surface area is 81.5 Å². The van der Waals surface area contributed by atoms with Crippen LogP contribution in [0.3, 0.4) is 0 Å². The average Bonchev–Trinajstić information content (AvgIpc) is 2.43. The van der Waals surface area contributed by atoms with Gasteiger partial charge in [0.25, 0.3) is 0 Å². The second-order valence-electron chi connectivity index (χ2n) is 2.80. The Bertz CT molecular complexity index is 307. The number of methoxy groups -OCH3 is 1. The summed E-state index contributed by atoms with van der Waals surface area (Å²) in [5.74, 6) is 0.0335. The number of ether oxygens (including phenoxy) is 1. The van der Waals surface area contributed by atoms with Crippen LogP contribution in [0.5, 0.6) is 0 Å². The zero-order chi connectivity index (χ0) is 9.84. The highest BCUT2D eigenvalue weighted by Gasteiger charge is 2.09. The third-order valence-corrected chi connectivity index (χ3v) is 3.00. The van der Waals surface area contributed by atoms with Crippen LogP contribution in [0.2, 0.25) is 0 Å². The van der Waals surface area contributed by atoms with Crippen molar-refractivity contribution in [2.45, 2.75) is 13.3 Å². The summed E-state index contributed by atoms with van der Waals surface area (Å²) in [6.45, 7) is 2.19. The van der Waals surface area contributed by atoms with Crippen molar-refractivity contribution in [2.24, 2.45) is 0 Å². The molecule has 2 N–H and O–H groups in total. The molecule has 1 aromatic heterocycles. The van der Waals surface area contributed by atoms with Gasteiger partial charge in [0.05, 0.1) is 17.2 Å². The molecule has 0 aliphatic heterocycles. The smallest absolute Gasteiger partial charge is 0.171 e. The van der Waals surface area contributed by atoms with E-state index in [0.717, 1.165) is 11.3 Å². The Hall–Kier alpha value is -0.870. The molecule has 0 saturated carbocycles. The largest absolute Gasteiger partial charge is 0.397 e. The molecule has 1 heterocycles. The normalized spacial score (nSPS) is 10.3. The van der Waals surface area contributed by atoms with E-state index in [-0.39, 0.29) is 5.78 Å². The number of hydrogen-bond acceptors (Lipinski definition) is 4. The fourth-order valence-corrected chi connectivity index (χ4v) is 2.01. The molecule has 0 bridgehead atoms. The minimum atomic E-state index is 0.0335. The van der Waals surface area contributed by atoms with Gasteiger partial charge < -0.3 is 10.5 Å². The SMILES string of the molecule is COCCc1cc(N)c(C(C)=O)s1. The molecule has 0 aromatic carbocycles. The molecule has 0 atom stereocenters. The van der Waals surface area contributed by atoms with E-state index in [1.165, 1.54) is 18.3 Å². The molecule has 0 aliphatic carbocycles. The van der Waals surface area contributed by atoms with Crippen LogP contribution < -0.4 is 5.73 Å². The minimum absolute atomic E-state index is 0.0335. The van der Waals surface area contributed by atoms with Crippen LogP contribution in [-0.2, 0) is 11.2 Å². The van der Waals surface area contributed by atoms with E-state index in [1.807, 2.05) is 6.07 Å². The van der Waals surface area contributed by atoms with Gasteiger partial charge in [0.15, 0.2) is 5.78 Å². The Kier molecular flexibility index (Phi) is 3.45. The molecule has 3 nitrogen and oxygen atoms in total. The number of carbonyl (C=O) groups excluding carboxylic acids is 1. The second-order valence-corrected chi connectivity index (χ2v) is 3.93. The first-order chi connectivity index (χ1) is 6.15. The molecule has 0 amide bonds. The van der Waals surface area contributed by atoms with E-state index < -0.39 is 0 Å². The molecular weight excluding hydrogens is 186 g/mol. The highest BCUT2D eigenvalue weighted by molar-refractivity contribution is 7.14. The number of carbonyl (C=O) groups is 1. The van der Waals surface area contributed by atoms with Gasteiger partial charge in [0, 0.05) is 25.3 Å². The monoisotopic (exact) mass is 199 g/mol.